The standard InChI is InChI=1S/C15H23NO2/c1-2-10-17-13-6-8-14(9-7-13)18-15-5-3-4-12(15)11-16/h6-9,12,15H,2-5,10-11,16H2,1H3. The average molecular weight is 249 g/mol. The van der Waals surface area contributed by atoms with Gasteiger partial charge in [0, 0.05) is 5.92 Å². The van der Waals surface area contributed by atoms with Crippen LogP contribution in [0, 0.1) is 5.92 Å². The molecule has 0 heterocycles. The monoisotopic (exact) mass is 249 g/mol. The lowest BCUT2D eigenvalue weighted by atomic mass is 10.1. The van der Waals surface area contributed by atoms with Gasteiger partial charge in [0.05, 0.1) is 6.61 Å². The Bertz CT molecular complexity index is 350. The minimum Gasteiger partial charge on any atom is -0.494 e. The molecular weight excluding hydrogens is 226 g/mol. The molecule has 0 aromatic heterocycles. The number of benzene rings is 1. The molecule has 2 N–H and O–H groups in total. The summed E-state index contributed by atoms with van der Waals surface area (Å²) in [6, 6.07) is 7.91. The minimum atomic E-state index is 0.289. The molecule has 1 aliphatic rings. The van der Waals surface area contributed by atoms with Crippen molar-refractivity contribution in [3.05, 3.63) is 24.3 Å². The summed E-state index contributed by atoms with van der Waals surface area (Å²) in [6.07, 6.45) is 4.86. The van der Waals surface area contributed by atoms with Gasteiger partial charge in [-0.25, -0.2) is 0 Å². The van der Waals surface area contributed by atoms with Gasteiger partial charge < -0.3 is 15.2 Å². The number of hydrogen-bond acceptors (Lipinski definition) is 3. The van der Waals surface area contributed by atoms with Crippen LogP contribution in [0.4, 0.5) is 0 Å². The Morgan fingerprint density at radius 2 is 1.89 bits per heavy atom. The zero-order valence-corrected chi connectivity index (χ0v) is 11.1. The Hall–Kier alpha value is -1.22. The minimum absolute atomic E-state index is 0.289. The maximum Gasteiger partial charge on any atom is 0.120 e. The van der Waals surface area contributed by atoms with Gasteiger partial charge in [-0.05, 0) is 56.5 Å². The molecule has 1 aromatic rings. The van der Waals surface area contributed by atoms with E-state index in [4.69, 9.17) is 15.2 Å². The summed E-state index contributed by atoms with van der Waals surface area (Å²) in [5.74, 6) is 2.34. The van der Waals surface area contributed by atoms with Crippen LogP contribution in [0.25, 0.3) is 0 Å². The van der Waals surface area contributed by atoms with Gasteiger partial charge in [-0.2, -0.15) is 0 Å². The Labute approximate surface area is 109 Å². The van der Waals surface area contributed by atoms with Crippen LogP contribution in [0.5, 0.6) is 11.5 Å². The molecule has 1 aromatic carbocycles. The molecular formula is C15H23NO2. The van der Waals surface area contributed by atoms with Crippen LogP contribution >= 0.6 is 0 Å². The van der Waals surface area contributed by atoms with E-state index >= 15 is 0 Å². The highest BCUT2D eigenvalue weighted by Gasteiger charge is 2.27. The third-order valence-electron chi connectivity index (χ3n) is 3.48. The lowest BCUT2D eigenvalue weighted by Crippen LogP contribution is -2.27. The van der Waals surface area contributed by atoms with E-state index in [1.165, 1.54) is 12.8 Å². The predicted molar refractivity (Wildman–Crippen MR) is 73.0 cm³/mol. The number of hydrogen-bond donors (Lipinski definition) is 1. The van der Waals surface area contributed by atoms with Crippen LogP contribution < -0.4 is 15.2 Å². The van der Waals surface area contributed by atoms with Crippen LogP contribution in [0.15, 0.2) is 24.3 Å². The molecule has 0 spiro atoms. The van der Waals surface area contributed by atoms with E-state index in [-0.39, 0.29) is 6.10 Å². The van der Waals surface area contributed by atoms with Crippen molar-refractivity contribution < 1.29 is 9.47 Å². The summed E-state index contributed by atoms with van der Waals surface area (Å²) >= 11 is 0. The van der Waals surface area contributed by atoms with Gasteiger partial charge in [-0.15, -0.1) is 0 Å². The lowest BCUT2D eigenvalue weighted by Gasteiger charge is -2.20. The van der Waals surface area contributed by atoms with Crippen LogP contribution in [0.1, 0.15) is 32.6 Å². The number of rotatable bonds is 6. The van der Waals surface area contributed by atoms with E-state index < -0.39 is 0 Å². The summed E-state index contributed by atoms with van der Waals surface area (Å²) < 4.78 is 11.5. The van der Waals surface area contributed by atoms with Crippen LogP contribution in [0.3, 0.4) is 0 Å². The Kier molecular flexibility index (Phi) is 4.88. The van der Waals surface area contributed by atoms with Gasteiger partial charge in [0.2, 0.25) is 0 Å². The van der Waals surface area contributed by atoms with Crippen LogP contribution in [-0.4, -0.2) is 19.3 Å². The van der Waals surface area contributed by atoms with Gasteiger partial charge in [-0.1, -0.05) is 6.92 Å². The van der Waals surface area contributed by atoms with Crippen molar-refractivity contribution in [1.82, 2.24) is 0 Å². The van der Waals surface area contributed by atoms with Crippen LogP contribution in [0.2, 0.25) is 0 Å². The van der Waals surface area contributed by atoms with Crippen molar-refractivity contribution in [3.63, 3.8) is 0 Å². The van der Waals surface area contributed by atoms with Crippen molar-refractivity contribution in [2.24, 2.45) is 11.7 Å². The molecule has 18 heavy (non-hydrogen) atoms. The quantitative estimate of drug-likeness (QED) is 0.843. The van der Waals surface area contributed by atoms with Crippen molar-refractivity contribution in [2.45, 2.75) is 38.7 Å². The summed E-state index contributed by atoms with van der Waals surface area (Å²) in [6.45, 7) is 3.59. The van der Waals surface area contributed by atoms with Gasteiger partial charge in [0.25, 0.3) is 0 Å². The second kappa shape index (κ2) is 6.64. The molecule has 0 bridgehead atoms. The van der Waals surface area contributed by atoms with E-state index in [9.17, 15) is 0 Å². The first-order chi connectivity index (χ1) is 8.83. The van der Waals surface area contributed by atoms with Gasteiger partial charge in [-0.3, -0.25) is 0 Å². The molecule has 1 saturated carbocycles. The van der Waals surface area contributed by atoms with Crippen molar-refractivity contribution in [2.75, 3.05) is 13.2 Å². The maximum atomic E-state index is 6.00. The zero-order chi connectivity index (χ0) is 12.8. The van der Waals surface area contributed by atoms with E-state index in [2.05, 4.69) is 6.92 Å². The Morgan fingerprint density at radius 3 is 2.56 bits per heavy atom. The number of nitrogens with two attached hydrogens (primary N) is 1. The topological polar surface area (TPSA) is 44.5 Å². The highest BCUT2D eigenvalue weighted by Crippen LogP contribution is 2.29. The van der Waals surface area contributed by atoms with Gasteiger partial charge in [0.15, 0.2) is 0 Å². The smallest absolute Gasteiger partial charge is 0.120 e. The first-order valence-electron chi connectivity index (χ1n) is 6.93. The molecule has 0 aliphatic heterocycles. The summed E-state index contributed by atoms with van der Waals surface area (Å²) in [7, 11) is 0. The molecule has 1 fully saturated rings. The lowest BCUT2D eigenvalue weighted by molar-refractivity contribution is 0.162. The Morgan fingerprint density at radius 1 is 1.17 bits per heavy atom. The fraction of sp³-hybridized carbons (Fsp3) is 0.600. The second-order valence-corrected chi connectivity index (χ2v) is 4.90. The van der Waals surface area contributed by atoms with Crippen molar-refractivity contribution in [1.29, 1.82) is 0 Å². The highest BCUT2D eigenvalue weighted by molar-refractivity contribution is 5.31. The molecule has 1 aliphatic carbocycles. The number of ether oxygens (including phenoxy) is 2. The molecule has 0 amide bonds. The van der Waals surface area contributed by atoms with Crippen molar-refractivity contribution >= 4 is 0 Å². The Balaban J connectivity index is 1.89. The summed E-state index contributed by atoms with van der Waals surface area (Å²) in [5.41, 5.74) is 5.76. The average Bonchev–Trinajstić information content (AvgIpc) is 2.85. The third kappa shape index (κ3) is 3.39. The molecule has 0 saturated heterocycles. The molecule has 3 nitrogen and oxygen atoms in total. The maximum absolute atomic E-state index is 6.00. The predicted octanol–water partition coefficient (Wildman–Crippen LogP) is 2.98. The van der Waals surface area contributed by atoms with Gasteiger partial charge in [0.1, 0.15) is 17.6 Å². The van der Waals surface area contributed by atoms with Crippen molar-refractivity contribution in [3.8, 4) is 11.5 Å². The molecule has 2 rings (SSSR count). The largest absolute Gasteiger partial charge is 0.494 e. The zero-order valence-electron chi connectivity index (χ0n) is 11.1. The second-order valence-electron chi connectivity index (χ2n) is 4.90. The molecule has 0 radical (unpaired) electrons. The fourth-order valence-electron chi connectivity index (χ4n) is 2.44. The van der Waals surface area contributed by atoms with E-state index in [0.717, 1.165) is 37.5 Å². The summed E-state index contributed by atoms with van der Waals surface area (Å²) in [5, 5.41) is 0. The molecule has 100 valence electrons. The molecule has 3 heteroatoms. The van der Waals surface area contributed by atoms with E-state index in [0.29, 0.717) is 5.92 Å². The van der Waals surface area contributed by atoms with E-state index in [1.807, 2.05) is 24.3 Å². The normalized spacial score (nSPS) is 23.0. The fourth-order valence-corrected chi connectivity index (χ4v) is 2.44. The SMILES string of the molecule is CCCOc1ccc(OC2CCCC2CN)cc1. The highest BCUT2D eigenvalue weighted by atomic mass is 16.5. The first kappa shape index (κ1) is 13.2. The molecule has 2 atom stereocenters. The van der Waals surface area contributed by atoms with Gasteiger partial charge >= 0.3 is 0 Å². The molecule has 2 unspecified atom stereocenters. The third-order valence-corrected chi connectivity index (χ3v) is 3.48. The van der Waals surface area contributed by atoms with E-state index in [1.54, 1.807) is 0 Å². The first-order valence-corrected chi connectivity index (χ1v) is 6.93. The summed E-state index contributed by atoms with van der Waals surface area (Å²) in [4.78, 5) is 0. The van der Waals surface area contributed by atoms with Crippen LogP contribution in [-0.2, 0) is 0 Å².